The fourth-order valence-corrected chi connectivity index (χ4v) is 3.05. The van der Waals surface area contributed by atoms with Crippen LogP contribution in [0, 0.1) is 6.92 Å². The summed E-state index contributed by atoms with van der Waals surface area (Å²) in [5.41, 5.74) is 5.09. The molecule has 3 aromatic rings. The van der Waals surface area contributed by atoms with Gasteiger partial charge in [0.15, 0.2) is 0 Å². The van der Waals surface area contributed by atoms with Crippen LogP contribution in [0.4, 0.5) is 23.1 Å². The van der Waals surface area contributed by atoms with E-state index in [1.54, 1.807) is 6.20 Å². The average molecular weight is 359 g/mol. The Morgan fingerprint density at radius 3 is 2.81 bits per heavy atom. The standard InChI is InChI=1S/C21H21N5O/c1-14-12-23-21(26-20(14)22-13-15-5-3-2-4-6-15)24-17-8-9-18-16(11-17)7-10-19(27)25-18/h2-6,8-9,11-12H,7,10,13H2,1H3,(H,25,27)(H2,22,23,24,26). The largest absolute Gasteiger partial charge is 0.366 e. The number of carbonyl (C=O) groups excluding carboxylic acids is 1. The highest BCUT2D eigenvalue weighted by molar-refractivity contribution is 5.94. The molecule has 0 atom stereocenters. The van der Waals surface area contributed by atoms with Crippen LogP contribution in [0.5, 0.6) is 0 Å². The lowest BCUT2D eigenvalue weighted by Gasteiger charge is -2.18. The number of fused-ring (bicyclic) bond motifs is 1. The maximum atomic E-state index is 11.5. The molecule has 27 heavy (non-hydrogen) atoms. The van der Waals surface area contributed by atoms with E-state index in [-0.39, 0.29) is 5.91 Å². The highest BCUT2D eigenvalue weighted by Gasteiger charge is 2.15. The van der Waals surface area contributed by atoms with E-state index in [2.05, 4.69) is 38.1 Å². The van der Waals surface area contributed by atoms with Gasteiger partial charge in [0.2, 0.25) is 11.9 Å². The van der Waals surface area contributed by atoms with E-state index in [1.165, 1.54) is 5.56 Å². The molecular formula is C21H21N5O. The summed E-state index contributed by atoms with van der Waals surface area (Å²) < 4.78 is 0. The maximum absolute atomic E-state index is 11.5. The van der Waals surface area contributed by atoms with Crippen molar-refractivity contribution < 1.29 is 4.79 Å². The van der Waals surface area contributed by atoms with Crippen molar-refractivity contribution in [1.82, 2.24) is 9.97 Å². The zero-order chi connectivity index (χ0) is 18.6. The Hall–Kier alpha value is -3.41. The van der Waals surface area contributed by atoms with Crippen molar-refractivity contribution in [2.45, 2.75) is 26.3 Å². The van der Waals surface area contributed by atoms with Gasteiger partial charge in [-0.2, -0.15) is 4.98 Å². The van der Waals surface area contributed by atoms with Crippen molar-refractivity contribution in [3.63, 3.8) is 0 Å². The van der Waals surface area contributed by atoms with Crippen LogP contribution in [0.1, 0.15) is 23.1 Å². The number of amides is 1. The number of nitrogens with zero attached hydrogens (tertiary/aromatic N) is 2. The number of rotatable bonds is 5. The van der Waals surface area contributed by atoms with Gasteiger partial charge in [-0.3, -0.25) is 4.79 Å². The lowest BCUT2D eigenvalue weighted by molar-refractivity contribution is -0.116. The summed E-state index contributed by atoms with van der Waals surface area (Å²) in [6.07, 6.45) is 3.07. The number of carbonyl (C=O) groups is 1. The first kappa shape index (κ1) is 17.0. The second-order valence-corrected chi connectivity index (χ2v) is 6.61. The smallest absolute Gasteiger partial charge is 0.229 e. The van der Waals surface area contributed by atoms with Crippen molar-refractivity contribution >= 4 is 29.0 Å². The molecule has 0 saturated carbocycles. The zero-order valence-corrected chi connectivity index (χ0v) is 15.1. The quantitative estimate of drug-likeness (QED) is 0.641. The van der Waals surface area contributed by atoms with E-state index in [0.29, 0.717) is 18.9 Å². The summed E-state index contributed by atoms with van der Waals surface area (Å²) in [5.74, 6) is 1.41. The summed E-state index contributed by atoms with van der Waals surface area (Å²) >= 11 is 0. The van der Waals surface area contributed by atoms with Crippen LogP contribution in [0.3, 0.4) is 0 Å². The number of aryl methyl sites for hydroxylation is 2. The van der Waals surface area contributed by atoms with Crippen LogP contribution in [-0.2, 0) is 17.8 Å². The van der Waals surface area contributed by atoms with Crippen molar-refractivity contribution in [2.75, 3.05) is 16.0 Å². The number of anilines is 4. The van der Waals surface area contributed by atoms with E-state index in [9.17, 15) is 4.79 Å². The van der Waals surface area contributed by atoms with Gasteiger partial charge in [0.25, 0.3) is 0 Å². The lowest BCUT2D eigenvalue weighted by atomic mass is 10.0. The van der Waals surface area contributed by atoms with Crippen LogP contribution < -0.4 is 16.0 Å². The molecule has 0 bridgehead atoms. The van der Waals surface area contributed by atoms with E-state index in [1.807, 2.05) is 43.3 Å². The second-order valence-electron chi connectivity index (χ2n) is 6.61. The third-order valence-corrected chi connectivity index (χ3v) is 4.53. The van der Waals surface area contributed by atoms with Gasteiger partial charge in [-0.25, -0.2) is 4.98 Å². The molecule has 0 unspecified atom stereocenters. The Balaban J connectivity index is 1.49. The molecule has 0 saturated heterocycles. The van der Waals surface area contributed by atoms with Crippen molar-refractivity contribution in [3.8, 4) is 0 Å². The Kier molecular flexibility index (Phi) is 4.70. The van der Waals surface area contributed by atoms with Crippen molar-refractivity contribution in [3.05, 3.63) is 71.4 Å². The number of aromatic nitrogens is 2. The molecule has 0 fully saturated rings. The summed E-state index contributed by atoms with van der Waals surface area (Å²) in [6, 6.07) is 16.1. The molecule has 0 radical (unpaired) electrons. The van der Waals surface area contributed by atoms with Gasteiger partial charge in [-0.05, 0) is 42.7 Å². The minimum Gasteiger partial charge on any atom is -0.366 e. The van der Waals surface area contributed by atoms with Crippen LogP contribution in [0.25, 0.3) is 0 Å². The molecule has 136 valence electrons. The third-order valence-electron chi connectivity index (χ3n) is 4.53. The molecule has 1 amide bonds. The first-order valence-electron chi connectivity index (χ1n) is 8.98. The maximum Gasteiger partial charge on any atom is 0.229 e. The van der Waals surface area contributed by atoms with Gasteiger partial charge in [0.05, 0.1) is 0 Å². The van der Waals surface area contributed by atoms with Gasteiger partial charge in [0, 0.05) is 36.1 Å². The molecule has 2 aromatic carbocycles. The Morgan fingerprint density at radius 2 is 1.96 bits per heavy atom. The van der Waals surface area contributed by atoms with Crippen LogP contribution in [0.15, 0.2) is 54.7 Å². The lowest BCUT2D eigenvalue weighted by Crippen LogP contribution is -2.18. The summed E-state index contributed by atoms with van der Waals surface area (Å²) in [6.45, 7) is 2.69. The van der Waals surface area contributed by atoms with E-state index < -0.39 is 0 Å². The van der Waals surface area contributed by atoms with Gasteiger partial charge in [0.1, 0.15) is 5.82 Å². The van der Waals surface area contributed by atoms with Gasteiger partial charge in [-0.1, -0.05) is 30.3 Å². The number of hydrogen-bond acceptors (Lipinski definition) is 5. The second kappa shape index (κ2) is 7.45. The molecule has 2 heterocycles. The molecule has 0 aliphatic carbocycles. The average Bonchev–Trinajstić information content (AvgIpc) is 2.69. The molecular weight excluding hydrogens is 338 g/mol. The summed E-state index contributed by atoms with van der Waals surface area (Å²) in [5, 5.41) is 9.52. The monoisotopic (exact) mass is 359 g/mol. The molecule has 6 nitrogen and oxygen atoms in total. The van der Waals surface area contributed by atoms with Crippen LogP contribution in [-0.4, -0.2) is 15.9 Å². The summed E-state index contributed by atoms with van der Waals surface area (Å²) in [7, 11) is 0. The highest BCUT2D eigenvalue weighted by atomic mass is 16.1. The number of hydrogen-bond donors (Lipinski definition) is 3. The predicted octanol–water partition coefficient (Wildman–Crippen LogP) is 4.03. The number of nitrogens with one attached hydrogen (secondary N) is 3. The van der Waals surface area contributed by atoms with Crippen molar-refractivity contribution in [2.24, 2.45) is 0 Å². The van der Waals surface area contributed by atoms with E-state index in [0.717, 1.165) is 34.7 Å². The SMILES string of the molecule is Cc1cnc(Nc2ccc3c(c2)CCC(=O)N3)nc1NCc1ccccc1. The Bertz CT molecular complexity index is 972. The number of benzene rings is 2. The fraction of sp³-hybridized carbons (Fsp3) is 0.190. The van der Waals surface area contributed by atoms with Gasteiger partial charge in [-0.15, -0.1) is 0 Å². The first-order valence-corrected chi connectivity index (χ1v) is 8.98. The zero-order valence-electron chi connectivity index (χ0n) is 15.1. The normalized spacial score (nSPS) is 12.9. The highest BCUT2D eigenvalue weighted by Crippen LogP contribution is 2.27. The van der Waals surface area contributed by atoms with E-state index in [4.69, 9.17) is 0 Å². The first-order chi connectivity index (χ1) is 13.2. The Morgan fingerprint density at radius 1 is 1.11 bits per heavy atom. The van der Waals surface area contributed by atoms with Gasteiger partial charge >= 0.3 is 0 Å². The minimum atomic E-state index is 0.0687. The predicted molar refractivity (Wildman–Crippen MR) is 107 cm³/mol. The minimum absolute atomic E-state index is 0.0687. The topological polar surface area (TPSA) is 78.9 Å². The van der Waals surface area contributed by atoms with Gasteiger partial charge < -0.3 is 16.0 Å². The molecule has 1 aromatic heterocycles. The third kappa shape index (κ3) is 4.06. The molecule has 3 N–H and O–H groups in total. The van der Waals surface area contributed by atoms with E-state index >= 15 is 0 Å². The molecule has 4 rings (SSSR count). The fourth-order valence-electron chi connectivity index (χ4n) is 3.05. The molecule has 1 aliphatic heterocycles. The molecule has 1 aliphatic rings. The van der Waals surface area contributed by atoms with Crippen LogP contribution in [0.2, 0.25) is 0 Å². The molecule has 6 heteroatoms. The Labute approximate surface area is 158 Å². The molecule has 0 spiro atoms. The van der Waals surface area contributed by atoms with Crippen molar-refractivity contribution in [1.29, 1.82) is 0 Å². The van der Waals surface area contributed by atoms with Crippen LogP contribution >= 0.6 is 0 Å². The summed E-state index contributed by atoms with van der Waals surface area (Å²) in [4.78, 5) is 20.5.